The molecule has 0 bridgehead atoms. The number of esters is 1. The van der Waals surface area contributed by atoms with Crippen LogP contribution in [0, 0.1) is 26.6 Å². The van der Waals surface area contributed by atoms with E-state index in [4.69, 9.17) is 4.74 Å². The molecule has 1 amide bonds. The van der Waals surface area contributed by atoms with Crippen LogP contribution in [0.2, 0.25) is 0 Å². The molecule has 0 fully saturated rings. The molecule has 2 aromatic carbocycles. The number of carbonyl (C=O) groups excluding carboxylic acids is 2. The predicted octanol–water partition coefficient (Wildman–Crippen LogP) is 3.27. The molecule has 1 N–H and O–H groups in total. The van der Waals surface area contributed by atoms with Gasteiger partial charge >= 0.3 is 5.97 Å². The lowest BCUT2D eigenvalue weighted by Gasteiger charge is -2.11. The number of aryl methyl sites for hydroxylation is 3. The summed E-state index contributed by atoms with van der Waals surface area (Å²) in [6.45, 7) is 5.72. The number of amides is 1. The Morgan fingerprint density at radius 3 is 2.24 bits per heavy atom. The molecule has 0 aliphatic carbocycles. The van der Waals surface area contributed by atoms with Gasteiger partial charge in [0.2, 0.25) is 0 Å². The van der Waals surface area contributed by atoms with Crippen LogP contribution >= 0.6 is 0 Å². The van der Waals surface area contributed by atoms with E-state index in [0.717, 1.165) is 22.3 Å². The lowest BCUT2D eigenvalue weighted by Crippen LogP contribution is -2.30. The van der Waals surface area contributed by atoms with E-state index in [-0.39, 0.29) is 18.3 Å². The van der Waals surface area contributed by atoms with Crippen LogP contribution in [0.3, 0.4) is 0 Å². The Labute approximate surface area is 147 Å². The van der Waals surface area contributed by atoms with E-state index in [1.54, 1.807) is 12.1 Å². The van der Waals surface area contributed by atoms with Crippen LogP contribution in [0.25, 0.3) is 0 Å². The van der Waals surface area contributed by atoms with Gasteiger partial charge in [0.15, 0.2) is 6.61 Å². The second kappa shape index (κ2) is 8.42. The lowest BCUT2D eigenvalue weighted by atomic mass is 10.00. The summed E-state index contributed by atoms with van der Waals surface area (Å²) in [6, 6.07) is 9.92. The van der Waals surface area contributed by atoms with Crippen LogP contribution in [0.15, 0.2) is 36.4 Å². The largest absolute Gasteiger partial charge is 0.452 e. The van der Waals surface area contributed by atoms with Crippen molar-refractivity contribution in [2.75, 3.05) is 13.2 Å². The smallest absolute Gasteiger partial charge is 0.339 e. The topological polar surface area (TPSA) is 55.4 Å². The van der Waals surface area contributed by atoms with Gasteiger partial charge in [0.05, 0.1) is 5.56 Å². The van der Waals surface area contributed by atoms with Gasteiger partial charge in [0.1, 0.15) is 5.82 Å². The standard InChI is InChI=1S/C20H22FNO3/c1-13-10-14(2)19(15(3)11-13)20(24)25-12-18(23)22-9-8-16-4-6-17(21)7-5-16/h4-7,10-11H,8-9,12H2,1-3H3,(H,22,23). The van der Waals surface area contributed by atoms with Gasteiger partial charge in [0, 0.05) is 6.54 Å². The Morgan fingerprint density at radius 1 is 1.04 bits per heavy atom. The fraction of sp³-hybridized carbons (Fsp3) is 0.300. The van der Waals surface area contributed by atoms with E-state index in [2.05, 4.69) is 5.32 Å². The molecule has 5 heteroatoms. The molecule has 2 rings (SSSR count). The van der Waals surface area contributed by atoms with Crippen LogP contribution in [-0.4, -0.2) is 25.0 Å². The Balaban J connectivity index is 1.80. The van der Waals surface area contributed by atoms with Crippen molar-refractivity contribution < 1.29 is 18.7 Å². The molecule has 0 heterocycles. The molecule has 0 saturated heterocycles. The molecule has 25 heavy (non-hydrogen) atoms. The van der Waals surface area contributed by atoms with Crippen LogP contribution in [0.1, 0.15) is 32.6 Å². The van der Waals surface area contributed by atoms with E-state index in [1.165, 1.54) is 12.1 Å². The first-order valence-electron chi connectivity index (χ1n) is 8.13. The summed E-state index contributed by atoms with van der Waals surface area (Å²) in [7, 11) is 0. The number of ether oxygens (including phenoxy) is 1. The van der Waals surface area contributed by atoms with Gasteiger partial charge < -0.3 is 10.1 Å². The maximum Gasteiger partial charge on any atom is 0.339 e. The molecule has 0 aliphatic rings. The zero-order chi connectivity index (χ0) is 18.4. The highest BCUT2D eigenvalue weighted by Gasteiger charge is 2.15. The minimum Gasteiger partial charge on any atom is -0.452 e. The number of rotatable bonds is 6. The second-order valence-electron chi connectivity index (χ2n) is 6.08. The van der Waals surface area contributed by atoms with Gasteiger partial charge in [-0.2, -0.15) is 0 Å². The third-order valence-electron chi connectivity index (χ3n) is 3.86. The fourth-order valence-electron chi connectivity index (χ4n) is 2.75. The zero-order valence-corrected chi connectivity index (χ0v) is 14.7. The van der Waals surface area contributed by atoms with E-state index in [9.17, 15) is 14.0 Å². The van der Waals surface area contributed by atoms with E-state index in [0.29, 0.717) is 18.5 Å². The van der Waals surface area contributed by atoms with Crippen molar-refractivity contribution in [2.24, 2.45) is 0 Å². The van der Waals surface area contributed by atoms with E-state index >= 15 is 0 Å². The molecule has 0 unspecified atom stereocenters. The first-order chi connectivity index (χ1) is 11.9. The second-order valence-corrected chi connectivity index (χ2v) is 6.08. The molecule has 0 radical (unpaired) electrons. The van der Waals surface area contributed by atoms with Gasteiger partial charge in [-0.05, 0) is 56.0 Å². The fourth-order valence-corrected chi connectivity index (χ4v) is 2.75. The molecule has 4 nitrogen and oxygen atoms in total. The number of nitrogens with one attached hydrogen (secondary N) is 1. The highest BCUT2D eigenvalue weighted by Crippen LogP contribution is 2.17. The van der Waals surface area contributed by atoms with Crippen LogP contribution < -0.4 is 5.32 Å². The van der Waals surface area contributed by atoms with Crippen molar-refractivity contribution >= 4 is 11.9 Å². The maximum atomic E-state index is 12.8. The van der Waals surface area contributed by atoms with Crippen LogP contribution in [-0.2, 0) is 16.0 Å². The maximum absolute atomic E-state index is 12.8. The lowest BCUT2D eigenvalue weighted by molar-refractivity contribution is -0.124. The summed E-state index contributed by atoms with van der Waals surface area (Å²) in [6.07, 6.45) is 0.580. The summed E-state index contributed by atoms with van der Waals surface area (Å²) < 4.78 is 17.9. The van der Waals surface area contributed by atoms with Gasteiger partial charge in [-0.3, -0.25) is 4.79 Å². The summed E-state index contributed by atoms with van der Waals surface area (Å²) in [5.74, 6) is -1.15. The Kier molecular flexibility index (Phi) is 6.28. The Bertz CT molecular complexity index is 746. The number of hydrogen-bond acceptors (Lipinski definition) is 3. The van der Waals surface area contributed by atoms with Gasteiger partial charge in [0.25, 0.3) is 5.91 Å². The highest BCUT2D eigenvalue weighted by molar-refractivity contribution is 5.94. The molecule has 0 aromatic heterocycles. The SMILES string of the molecule is Cc1cc(C)c(C(=O)OCC(=O)NCCc2ccc(F)cc2)c(C)c1. The average Bonchev–Trinajstić information content (AvgIpc) is 2.54. The van der Waals surface area contributed by atoms with Crippen molar-refractivity contribution in [3.63, 3.8) is 0 Å². The summed E-state index contributed by atoms with van der Waals surface area (Å²) in [4.78, 5) is 24.0. The number of carbonyl (C=O) groups is 2. The van der Waals surface area contributed by atoms with Crippen molar-refractivity contribution in [2.45, 2.75) is 27.2 Å². The van der Waals surface area contributed by atoms with Gasteiger partial charge in [-0.25, -0.2) is 9.18 Å². The number of hydrogen-bond donors (Lipinski definition) is 1. The molecular weight excluding hydrogens is 321 g/mol. The van der Waals surface area contributed by atoms with Crippen molar-refractivity contribution in [3.05, 3.63) is 70.0 Å². The summed E-state index contributed by atoms with van der Waals surface area (Å²) >= 11 is 0. The monoisotopic (exact) mass is 343 g/mol. The highest BCUT2D eigenvalue weighted by atomic mass is 19.1. The average molecular weight is 343 g/mol. The quantitative estimate of drug-likeness (QED) is 0.819. The van der Waals surface area contributed by atoms with Crippen molar-refractivity contribution in [1.29, 1.82) is 0 Å². The van der Waals surface area contributed by atoms with Crippen molar-refractivity contribution in [1.82, 2.24) is 5.32 Å². The summed E-state index contributed by atoms with van der Waals surface area (Å²) in [5, 5.41) is 2.68. The molecule has 0 saturated carbocycles. The van der Waals surface area contributed by atoms with E-state index < -0.39 is 5.97 Å². The third-order valence-corrected chi connectivity index (χ3v) is 3.86. The Hall–Kier alpha value is -2.69. The molecule has 2 aromatic rings. The van der Waals surface area contributed by atoms with Crippen LogP contribution in [0.5, 0.6) is 0 Å². The molecule has 132 valence electrons. The van der Waals surface area contributed by atoms with Gasteiger partial charge in [-0.1, -0.05) is 29.8 Å². The molecule has 0 spiro atoms. The Morgan fingerprint density at radius 2 is 1.64 bits per heavy atom. The first-order valence-corrected chi connectivity index (χ1v) is 8.13. The molecule has 0 aliphatic heterocycles. The normalized spacial score (nSPS) is 10.4. The number of benzene rings is 2. The molecule has 0 atom stereocenters. The third kappa shape index (κ3) is 5.41. The van der Waals surface area contributed by atoms with Crippen LogP contribution in [0.4, 0.5) is 4.39 Å². The predicted molar refractivity (Wildman–Crippen MR) is 94.0 cm³/mol. The summed E-state index contributed by atoms with van der Waals surface area (Å²) in [5.41, 5.74) is 4.16. The van der Waals surface area contributed by atoms with Gasteiger partial charge in [-0.15, -0.1) is 0 Å². The minimum absolute atomic E-state index is 0.290. The molecular formula is C20H22FNO3. The van der Waals surface area contributed by atoms with Crippen molar-refractivity contribution in [3.8, 4) is 0 Å². The minimum atomic E-state index is -0.497. The van der Waals surface area contributed by atoms with E-state index in [1.807, 2.05) is 32.9 Å². The first kappa shape index (κ1) is 18.6. The zero-order valence-electron chi connectivity index (χ0n) is 14.7. The number of halogens is 1.